The van der Waals surface area contributed by atoms with Crippen molar-refractivity contribution in [3.8, 4) is 0 Å². The third-order valence-corrected chi connectivity index (χ3v) is 5.99. The number of piperazine rings is 1. The van der Waals surface area contributed by atoms with Crippen molar-refractivity contribution in [1.82, 2.24) is 10.2 Å². The number of hydrogen-bond donors (Lipinski definition) is 1. The standard InChI is InChI=1S/C16H30N2/c1-2-15(7-6-8-15)13-18-12-11-17-16(14-18)9-4-3-5-10-16/h17H,2-14H2,1H3. The van der Waals surface area contributed by atoms with Gasteiger partial charge >= 0.3 is 0 Å². The third kappa shape index (κ3) is 2.46. The molecule has 2 saturated carbocycles. The molecule has 3 rings (SSSR count). The highest BCUT2D eigenvalue weighted by molar-refractivity contribution is 4.99. The minimum absolute atomic E-state index is 0.495. The molecule has 0 aromatic carbocycles. The lowest BCUT2D eigenvalue weighted by molar-refractivity contribution is 0.0215. The molecular weight excluding hydrogens is 220 g/mol. The van der Waals surface area contributed by atoms with Gasteiger partial charge in [0.25, 0.3) is 0 Å². The molecule has 3 fully saturated rings. The Hall–Kier alpha value is -0.0800. The van der Waals surface area contributed by atoms with Crippen molar-refractivity contribution < 1.29 is 0 Å². The van der Waals surface area contributed by atoms with Crippen LogP contribution in [0.1, 0.15) is 64.7 Å². The first-order chi connectivity index (χ1) is 8.76. The molecule has 1 spiro atoms. The monoisotopic (exact) mass is 250 g/mol. The van der Waals surface area contributed by atoms with Crippen LogP contribution < -0.4 is 5.32 Å². The maximum atomic E-state index is 3.86. The molecule has 2 aliphatic carbocycles. The Morgan fingerprint density at radius 1 is 1.00 bits per heavy atom. The average Bonchev–Trinajstić information content (AvgIpc) is 2.35. The number of nitrogens with one attached hydrogen (secondary N) is 1. The van der Waals surface area contributed by atoms with Crippen LogP contribution in [0, 0.1) is 5.41 Å². The summed E-state index contributed by atoms with van der Waals surface area (Å²) in [6.07, 6.45) is 13.0. The Labute approximate surface area is 113 Å². The first kappa shape index (κ1) is 12.9. The van der Waals surface area contributed by atoms with Gasteiger partial charge in [-0.1, -0.05) is 32.6 Å². The fraction of sp³-hybridized carbons (Fsp3) is 1.00. The molecule has 2 nitrogen and oxygen atoms in total. The van der Waals surface area contributed by atoms with Crippen LogP contribution in [0.15, 0.2) is 0 Å². The fourth-order valence-corrected chi connectivity index (χ4v) is 4.52. The van der Waals surface area contributed by atoms with E-state index in [1.807, 2.05) is 0 Å². The topological polar surface area (TPSA) is 15.3 Å². The molecule has 0 unspecified atom stereocenters. The van der Waals surface area contributed by atoms with Crippen LogP contribution in [0.4, 0.5) is 0 Å². The highest BCUT2D eigenvalue weighted by atomic mass is 15.2. The minimum Gasteiger partial charge on any atom is -0.309 e. The third-order valence-electron chi connectivity index (χ3n) is 5.99. The fourth-order valence-electron chi connectivity index (χ4n) is 4.52. The van der Waals surface area contributed by atoms with E-state index in [-0.39, 0.29) is 0 Å². The molecule has 0 aromatic rings. The average molecular weight is 250 g/mol. The zero-order chi connectivity index (χ0) is 12.5. The molecule has 0 atom stereocenters. The zero-order valence-electron chi connectivity index (χ0n) is 12.1. The van der Waals surface area contributed by atoms with E-state index in [4.69, 9.17) is 0 Å². The van der Waals surface area contributed by atoms with Crippen LogP contribution in [0.3, 0.4) is 0 Å². The van der Waals surface area contributed by atoms with Crippen molar-refractivity contribution in [2.24, 2.45) is 5.41 Å². The second-order valence-corrected chi connectivity index (χ2v) is 7.19. The van der Waals surface area contributed by atoms with Crippen LogP contribution in [0.2, 0.25) is 0 Å². The summed E-state index contributed by atoms with van der Waals surface area (Å²) in [5.41, 5.74) is 1.20. The van der Waals surface area contributed by atoms with Crippen LogP contribution in [-0.2, 0) is 0 Å². The van der Waals surface area contributed by atoms with Crippen molar-refractivity contribution in [2.75, 3.05) is 26.2 Å². The van der Waals surface area contributed by atoms with Gasteiger partial charge in [-0.05, 0) is 37.5 Å². The van der Waals surface area contributed by atoms with Gasteiger partial charge in [-0.3, -0.25) is 4.90 Å². The summed E-state index contributed by atoms with van der Waals surface area (Å²) < 4.78 is 0. The molecule has 1 saturated heterocycles. The second-order valence-electron chi connectivity index (χ2n) is 7.19. The molecule has 18 heavy (non-hydrogen) atoms. The zero-order valence-corrected chi connectivity index (χ0v) is 12.1. The van der Waals surface area contributed by atoms with E-state index in [1.165, 1.54) is 84.0 Å². The molecule has 0 amide bonds. The summed E-state index contributed by atoms with van der Waals surface area (Å²) in [5.74, 6) is 0. The summed E-state index contributed by atoms with van der Waals surface area (Å²) >= 11 is 0. The summed E-state index contributed by atoms with van der Waals surface area (Å²) in [7, 11) is 0. The van der Waals surface area contributed by atoms with Gasteiger partial charge in [-0.15, -0.1) is 0 Å². The summed E-state index contributed by atoms with van der Waals surface area (Å²) in [5, 5.41) is 3.86. The Morgan fingerprint density at radius 3 is 2.39 bits per heavy atom. The van der Waals surface area contributed by atoms with Crippen LogP contribution in [0.25, 0.3) is 0 Å². The molecule has 1 heterocycles. The normalized spacial score (nSPS) is 31.2. The lowest BCUT2D eigenvalue weighted by Gasteiger charge is -2.51. The van der Waals surface area contributed by atoms with E-state index in [9.17, 15) is 0 Å². The maximum absolute atomic E-state index is 3.86. The lowest BCUT2D eigenvalue weighted by Crippen LogP contribution is -2.62. The smallest absolute Gasteiger partial charge is 0.0309 e. The number of hydrogen-bond acceptors (Lipinski definition) is 2. The first-order valence-electron chi connectivity index (χ1n) is 8.23. The molecule has 0 bridgehead atoms. The Bertz CT molecular complexity index is 266. The summed E-state index contributed by atoms with van der Waals surface area (Å²) in [4.78, 5) is 2.80. The van der Waals surface area contributed by atoms with Gasteiger partial charge in [-0.25, -0.2) is 0 Å². The quantitative estimate of drug-likeness (QED) is 0.827. The van der Waals surface area contributed by atoms with E-state index >= 15 is 0 Å². The van der Waals surface area contributed by atoms with Crippen molar-refractivity contribution >= 4 is 0 Å². The largest absolute Gasteiger partial charge is 0.309 e. The highest BCUT2D eigenvalue weighted by Crippen LogP contribution is 2.45. The number of rotatable bonds is 3. The van der Waals surface area contributed by atoms with Gasteiger partial charge in [-0.2, -0.15) is 0 Å². The maximum Gasteiger partial charge on any atom is 0.0309 e. The van der Waals surface area contributed by atoms with Gasteiger partial charge in [0.05, 0.1) is 0 Å². The van der Waals surface area contributed by atoms with Crippen LogP contribution in [-0.4, -0.2) is 36.6 Å². The molecular formula is C16H30N2. The molecule has 0 aromatic heterocycles. The summed E-state index contributed by atoms with van der Waals surface area (Å²) in [6.45, 7) is 7.61. The van der Waals surface area contributed by atoms with E-state index < -0.39 is 0 Å². The molecule has 3 aliphatic rings. The SMILES string of the molecule is CCC1(CN2CCNC3(CCCCC3)C2)CCC1. The predicted molar refractivity (Wildman–Crippen MR) is 76.8 cm³/mol. The summed E-state index contributed by atoms with van der Waals surface area (Å²) in [6, 6.07) is 0. The number of nitrogens with zero attached hydrogens (tertiary/aromatic N) is 1. The molecule has 0 radical (unpaired) electrons. The second kappa shape index (κ2) is 5.13. The van der Waals surface area contributed by atoms with Gasteiger partial charge in [0.2, 0.25) is 0 Å². The van der Waals surface area contributed by atoms with Gasteiger partial charge in [0.1, 0.15) is 0 Å². The van der Waals surface area contributed by atoms with Gasteiger partial charge in [0.15, 0.2) is 0 Å². The van der Waals surface area contributed by atoms with E-state index in [2.05, 4.69) is 17.1 Å². The Morgan fingerprint density at radius 2 is 1.78 bits per heavy atom. The predicted octanol–water partition coefficient (Wildman–Crippen LogP) is 3.17. The minimum atomic E-state index is 0.495. The van der Waals surface area contributed by atoms with Gasteiger partial charge in [0, 0.05) is 31.7 Å². The van der Waals surface area contributed by atoms with Crippen molar-refractivity contribution in [2.45, 2.75) is 70.3 Å². The first-order valence-corrected chi connectivity index (χ1v) is 8.23. The van der Waals surface area contributed by atoms with E-state index in [0.29, 0.717) is 11.0 Å². The lowest BCUT2D eigenvalue weighted by atomic mass is 9.66. The molecule has 1 N–H and O–H groups in total. The molecule has 1 aliphatic heterocycles. The van der Waals surface area contributed by atoms with Gasteiger partial charge < -0.3 is 5.32 Å². The van der Waals surface area contributed by atoms with Crippen molar-refractivity contribution in [3.63, 3.8) is 0 Å². The Kier molecular flexibility index (Phi) is 3.68. The van der Waals surface area contributed by atoms with E-state index in [0.717, 1.165) is 0 Å². The molecule has 2 heteroatoms. The van der Waals surface area contributed by atoms with Crippen molar-refractivity contribution in [1.29, 1.82) is 0 Å². The molecule has 104 valence electrons. The van der Waals surface area contributed by atoms with Crippen LogP contribution in [0.5, 0.6) is 0 Å². The Balaban J connectivity index is 1.59. The van der Waals surface area contributed by atoms with E-state index in [1.54, 1.807) is 0 Å². The van der Waals surface area contributed by atoms with Crippen molar-refractivity contribution in [3.05, 3.63) is 0 Å². The van der Waals surface area contributed by atoms with Crippen LogP contribution >= 0.6 is 0 Å². The highest BCUT2D eigenvalue weighted by Gasteiger charge is 2.41.